The Morgan fingerprint density at radius 2 is 2.35 bits per heavy atom. The molecular weight excluding hydrogens is 284 g/mol. The minimum atomic E-state index is -0.363. The number of amidine groups is 1. The predicted octanol–water partition coefficient (Wildman–Crippen LogP) is 1.86. The van der Waals surface area contributed by atoms with Crippen molar-refractivity contribution >= 4 is 22.0 Å². The van der Waals surface area contributed by atoms with E-state index in [0.29, 0.717) is 6.61 Å². The van der Waals surface area contributed by atoms with Crippen molar-refractivity contribution in [2.24, 2.45) is 10.7 Å². The lowest BCUT2D eigenvalue weighted by Crippen LogP contribution is -2.46. The third-order valence-corrected chi connectivity index (χ3v) is 4.02. The quantitative estimate of drug-likeness (QED) is 0.795. The molecule has 0 fully saturated rings. The summed E-state index contributed by atoms with van der Waals surface area (Å²) < 4.78 is 12.2. The van der Waals surface area contributed by atoms with E-state index in [9.17, 15) is 0 Å². The van der Waals surface area contributed by atoms with E-state index in [4.69, 9.17) is 15.2 Å². The third-order valence-electron chi connectivity index (χ3n) is 3.40. The molecule has 2 atom stereocenters. The van der Waals surface area contributed by atoms with Crippen molar-refractivity contribution in [1.82, 2.24) is 0 Å². The van der Waals surface area contributed by atoms with Gasteiger partial charge in [0.15, 0.2) is 0 Å². The Kier molecular flexibility index (Phi) is 2.33. The van der Waals surface area contributed by atoms with Gasteiger partial charge in [0.05, 0.1) is 4.47 Å². The summed E-state index contributed by atoms with van der Waals surface area (Å²) in [5.74, 6) is 0.908. The molecule has 3 rings (SSSR count). The maximum absolute atomic E-state index is 5.82. The molecule has 17 heavy (non-hydrogen) atoms. The van der Waals surface area contributed by atoms with Crippen molar-refractivity contribution in [3.63, 3.8) is 0 Å². The lowest BCUT2D eigenvalue weighted by molar-refractivity contribution is 0.0925. The van der Waals surface area contributed by atoms with Gasteiger partial charge in [-0.05, 0) is 34.5 Å². The number of fused-ring (bicyclic) bond motifs is 1. The van der Waals surface area contributed by atoms with E-state index >= 15 is 0 Å². The normalized spacial score (nSPS) is 30.5. The van der Waals surface area contributed by atoms with Gasteiger partial charge >= 0.3 is 0 Å². The van der Waals surface area contributed by atoms with E-state index in [1.807, 2.05) is 19.1 Å². The van der Waals surface area contributed by atoms with Crippen LogP contribution in [0.1, 0.15) is 12.5 Å². The highest BCUT2D eigenvalue weighted by atomic mass is 79.9. The van der Waals surface area contributed by atoms with Gasteiger partial charge in [0.2, 0.25) is 0 Å². The van der Waals surface area contributed by atoms with Gasteiger partial charge in [0, 0.05) is 6.42 Å². The van der Waals surface area contributed by atoms with E-state index in [2.05, 4.69) is 27.0 Å². The van der Waals surface area contributed by atoms with E-state index in [-0.39, 0.29) is 17.7 Å². The van der Waals surface area contributed by atoms with Crippen molar-refractivity contribution < 1.29 is 9.47 Å². The molecule has 2 heterocycles. The van der Waals surface area contributed by atoms with Crippen LogP contribution in [0.3, 0.4) is 0 Å². The lowest BCUT2D eigenvalue weighted by atomic mass is 9.85. The summed E-state index contributed by atoms with van der Waals surface area (Å²) in [6.07, 6.45) is 0.749. The van der Waals surface area contributed by atoms with Crippen LogP contribution in [0.4, 0.5) is 0 Å². The summed E-state index contributed by atoms with van der Waals surface area (Å²) in [7, 11) is 0. The molecule has 0 saturated heterocycles. The number of rotatable bonds is 0. The van der Waals surface area contributed by atoms with Crippen molar-refractivity contribution in [2.75, 3.05) is 6.61 Å². The monoisotopic (exact) mass is 296 g/mol. The number of nitrogens with zero attached hydrogens (tertiary/aromatic N) is 1. The second-order valence-electron chi connectivity index (χ2n) is 4.51. The van der Waals surface area contributed by atoms with Crippen LogP contribution in [0, 0.1) is 0 Å². The summed E-state index contributed by atoms with van der Waals surface area (Å²) in [6, 6.07) is 6.29. The molecule has 0 aliphatic carbocycles. The molecule has 90 valence electrons. The van der Waals surface area contributed by atoms with E-state index < -0.39 is 0 Å². The average Bonchev–Trinajstić information content (AvgIpc) is 2.53. The number of aliphatic imine (C=N–C) groups is 1. The third kappa shape index (κ3) is 1.60. The summed E-state index contributed by atoms with van der Waals surface area (Å²) in [6.45, 7) is 2.49. The smallest absolute Gasteiger partial charge is 0.283 e. The Bertz CT molecular complexity index is 503. The van der Waals surface area contributed by atoms with E-state index in [0.717, 1.165) is 22.2 Å². The number of halogens is 1. The molecule has 0 aromatic heterocycles. The zero-order valence-electron chi connectivity index (χ0n) is 9.44. The highest BCUT2D eigenvalue weighted by Gasteiger charge is 2.47. The van der Waals surface area contributed by atoms with Crippen LogP contribution in [0.5, 0.6) is 5.75 Å². The first-order valence-corrected chi connectivity index (χ1v) is 6.32. The Morgan fingerprint density at radius 3 is 3.06 bits per heavy atom. The first-order valence-electron chi connectivity index (χ1n) is 5.53. The fourth-order valence-electron chi connectivity index (χ4n) is 2.39. The topological polar surface area (TPSA) is 56.8 Å². The van der Waals surface area contributed by atoms with E-state index in [1.54, 1.807) is 0 Å². The molecule has 1 aromatic rings. The highest BCUT2D eigenvalue weighted by molar-refractivity contribution is 9.10. The summed E-state index contributed by atoms with van der Waals surface area (Å²) in [4.78, 5) is 4.42. The maximum atomic E-state index is 5.82. The fraction of sp³-hybridized carbons (Fsp3) is 0.417. The van der Waals surface area contributed by atoms with Gasteiger partial charge in [0.25, 0.3) is 6.02 Å². The molecule has 4 nitrogen and oxygen atoms in total. The van der Waals surface area contributed by atoms with Gasteiger partial charge in [-0.2, -0.15) is 0 Å². The summed E-state index contributed by atoms with van der Waals surface area (Å²) in [5, 5.41) is 0. The zero-order chi connectivity index (χ0) is 12.0. The first kappa shape index (κ1) is 10.9. The van der Waals surface area contributed by atoms with Crippen LogP contribution in [-0.4, -0.2) is 24.3 Å². The molecule has 0 bridgehead atoms. The van der Waals surface area contributed by atoms with Gasteiger partial charge in [-0.3, -0.25) is 0 Å². The SMILES string of the molecule is CC1OC(N)=NC12COc1c(Br)cccc1C2. The van der Waals surface area contributed by atoms with Crippen LogP contribution in [0.15, 0.2) is 27.7 Å². The molecular formula is C12H13BrN2O2. The molecule has 1 spiro atoms. The molecule has 2 aliphatic heterocycles. The number of nitrogens with two attached hydrogens (primary N) is 1. The minimum Gasteiger partial charge on any atom is -0.489 e. The second-order valence-corrected chi connectivity index (χ2v) is 5.36. The first-order chi connectivity index (χ1) is 8.11. The zero-order valence-corrected chi connectivity index (χ0v) is 11.0. The molecule has 2 aliphatic rings. The molecule has 2 N–H and O–H groups in total. The summed E-state index contributed by atoms with van der Waals surface area (Å²) in [5.41, 5.74) is 6.42. The van der Waals surface area contributed by atoms with Gasteiger partial charge in [0.1, 0.15) is 24.0 Å². The van der Waals surface area contributed by atoms with Crippen molar-refractivity contribution in [3.05, 3.63) is 28.2 Å². The van der Waals surface area contributed by atoms with E-state index in [1.165, 1.54) is 0 Å². The van der Waals surface area contributed by atoms with Crippen LogP contribution >= 0.6 is 15.9 Å². The Hall–Kier alpha value is -1.23. The number of hydrogen-bond acceptors (Lipinski definition) is 4. The largest absolute Gasteiger partial charge is 0.489 e. The minimum absolute atomic E-state index is 0.0466. The van der Waals surface area contributed by atoms with Gasteiger partial charge in [-0.25, -0.2) is 4.99 Å². The number of hydrogen-bond donors (Lipinski definition) is 1. The molecule has 0 amide bonds. The van der Waals surface area contributed by atoms with Gasteiger partial charge in [-0.1, -0.05) is 12.1 Å². The van der Waals surface area contributed by atoms with Crippen LogP contribution in [-0.2, 0) is 11.2 Å². The molecule has 5 heteroatoms. The van der Waals surface area contributed by atoms with Gasteiger partial charge < -0.3 is 15.2 Å². The number of ether oxygens (including phenoxy) is 2. The maximum Gasteiger partial charge on any atom is 0.283 e. The van der Waals surface area contributed by atoms with Crippen molar-refractivity contribution in [3.8, 4) is 5.75 Å². The second kappa shape index (κ2) is 3.63. The fourth-order valence-corrected chi connectivity index (χ4v) is 2.91. The molecule has 1 aromatic carbocycles. The Labute approximate surface area is 108 Å². The number of para-hydroxylation sites is 1. The highest BCUT2D eigenvalue weighted by Crippen LogP contribution is 2.40. The predicted molar refractivity (Wildman–Crippen MR) is 68.2 cm³/mol. The molecule has 0 radical (unpaired) electrons. The van der Waals surface area contributed by atoms with Crippen LogP contribution < -0.4 is 10.5 Å². The lowest BCUT2D eigenvalue weighted by Gasteiger charge is -2.34. The average molecular weight is 297 g/mol. The molecule has 0 saturated carbocycles. The molecule has 2 unspecified atom stereocenters. The summed E-state index contributed by atoms with van der Waals surface area (Å²) >= 11 is 3.49. The van der Waals surface area contributed by atoms with Crippen molar-refractivity contribution in [2.45, 2.75) is 25.0 Å². The Morgan fingerprint density at radius 1 is 1.53 bits per heavy atom. The van der Waals surface area contributed by atoms with Crippen molar-refractivity contribution in [1.29, 1.82) is 0 Å². The standard InChI is InChI=1S/C12H13BrN2O2/c1-7-12(15-11(14)17-7)5-8-3-2-4-9(13)10(8)16-6-12/h2-4,7H,5-6H2,1H3,(H2,14,15). The Balaban J connectivity index is 2.01. The van der Waals surface area contributed by atoms with Gasteiger partial charge in [-0.15, -0.1) is 0 Å². The van der Waals surface area contributed by atoms with Crippen LogP contribution in [0.25, 0.3) is 0 Å². The number of benzene rings is 1. The van der Waals surface area contributed by atoms with Crippen LogP contribution in [0.2, 0.25) is 0 Å².